The van der Waals surface area contributed by atoms with Gasteiger partial charge in [-0.3, -0.25) is 0 Å². The molecular formula is C16H22N6O2. The number of anilines is 2. The highest BCUT2D eigenvalue weighted by Gasteiger charge is 2.28. The Morgan fingerprint density at radius 1 is 1.38 bits per heavy atom. The number of β-amino-alcohol motifs (C(OH)–C–C–N with tert-alkyl or cyclic N) is 1. The lowest BCUT2D eigenvalue weighted by Gasteiger charge is -2.36. The van der Waals surface area contributed by atoms with Crippen LogP contribution in [-0.2, 0) is 11.2 Å². The van der Waals surface area contributed by atoms with Crippen molar-refractivity contribution in [1.82, 2.24) is 19.9 Å². The van der Waals surface area contributed by atoms with E-state index in [4.69, 9.17) is 9.72 Å². The topological polar surface area (TPSA) is 99.2 Å². The largest absolute Gasteiger partial charge is 0.389 e. The average molecular weight is 330 g/mol. The van der Waals surface area contributed by atoms with Crippen LogP contribution in [0.2, 0.25) is 0 Å². The Kier molecular flexibility index (Phi) is 4.31. The predicted molar refractivity (Wildman–Crippen MR) is 89.2 cm³/mol. The maximum atomic E-state index is 9.53. The second-order valence-electron chi connectivity index (χ2n) is 6.35. The van der Waals surface area contributed by atoms with Gasteiger partial charge in [0.1, 0.15) is 5.82 Å². The number of ether oxygens (including phenoxy) is 1. The maximum Gasteiger partial charge on any atom is 0.227 e. The standard InChI is InChI=1S/C16H22N6O2/c23-13-7-22(8-13)16-20-14(11-2-4-24-9-11)5-15(21-16)18-3-1-12-6-17-10-19-12/h5-6,10-11,13,23H,1-4,7-9H2,(H,17,19)(H,18,20,21)/t11-/m0/s1. The van der Waals surface area contributed by atoms with Gasteiger partial charge in [-0.25, -0.2) is 9.97 Å². The van der Waals surface area contributed by atoms with Crippen LogP contribution in [0.5, 0.6) is 0 Å². The summed E-state index contributed by atoms with van der Waals surface area (Å²) in [7, 11) is 0. The third-order valence-corrected chi connectivity index (χ3v) is 4.48. The van der Waals surface area contributed by atoms with Gasteiger partial charge < -0.3 is 25.0 Å². The highest BCUT2D eigenvalue weighted by Crippen LogP contribution is 2.28. The Labute approximate surface area is 140 Å². The van der Waals surface area contributed by atoms with E-state index in [0.717, 1.165) is 43.2 Å². The molecular weight excluding hydrogens is 308 g/mol. The summed E-state index contributed by atoms with van der Waals surface area (Å²) >= 11 is 0. The monoisotopic (exact) mass is 330 g/mol. The van der Waals surface area contributed by atoms with Crippen LogP contribution < -0.4 is 10.2 Å². The molecule has 1 atom stereocenters. The first-order valence-electron chi connectivity index (χ1n) is 8.39. The van der Waals surface area contributed by atoms with Gasteiger partial charge in [-0.05, 0) is 6.42 Å². The van der Waals surface area contributed by atoms with E-state index in [-0.39, 0.29) is 6.10 Å². The highest BCUT2D eigenvalue weighted by atomic mass is 16.5. The molecule has 128 valence electrons. The van der Waals surface area contributed by atoms with Crippen LogP contribution in [0.15, 0.2) is 18.6 Å². The first kappa shape index (κ1) is 15.3. The fourth-order valence-electron chi connectivity index (χ4n) is 3.03. The fourth-order valence-corrected chi connectivity index (χ4v) is 3.03. The second kappa shape index (κ2) is 6.74. The van der Waals surface area contributed by atoms with Crippen LogP contribution in [0.25, 0.3) is 0 Å². The van der Waals surface area contributed by atoms with Crippen molar-refractivity contribution in [3.05, 3.63) is 30.0 Å². The molecule has 0 saturated carbocycles. The number of aliphatic hydroxyl groups excluding tert-OH is 1. The molecule has 2 aliphatic heterocycles. The Bertz CT molecular complexity index is 665. The number of H-pyrrole nitrogens is 1. The predicted octanol–water partition coefficient (Wildman–Crippen LogP) is 0.539. The van der Waals surface area contributed by atoms with E-state index in [2.05, 4.69) is 20.3 Å². The van der Waals surface area contributed by atoms with E-state index < -0.39 is 0 Å². The average Bonchev–Trinajstić information content (AvgIpc) is 3.25. The van der Waals surface area contributed by atoms with Crippen LogP contribution >= 0.6 is 0 Å². The third kappa shape index (κ3) is 3.34. The van der Waals surface area contributed by atoms with E-state index in [9.17, 15) is 5.11 Å². The SMILES string of the molecule is OC1CN(c2nc(NCCc3cnc[nH]3)cc([C@H]3CCOC3)n2)C1. The molecule has 0 radical (unpaired) electrons. The molecule has 8 nitrogen and oxygen atoms in total. The summed E-state index contributed by atoms with van der Waals surface area (Å²) in [5.41, 5.74) is 2.11. The summed E-state index contributed by atoms with van der Waals surface area (Å²) in [5.74, 6) is 1.84. The number of nitrogens with one attached hydrogen (secondary N) is 2. The molecule has 4 rings (SSSR count). The summed E-state index contributed by atoms with van der Waals surface area (Å²) in [4.78, 5) is 18.4. The number of nitrogens with zero attached hydrogens (tertiary/aromatic N) is 4. The van der Waals surface area contributed by atoms with Crippen LogP contribution in [-0.4, -0.2) is 64.0 Å². The van der Waals surface area contributed by atoms with E-state index in [1.54, 1.807) is 6.33 Å². The summed E-state index contributed by atoms with van der Waals surface area (Å²) in [6.45, 7) is 3.46. The lowest BCUT2D eigenvalue weighted by molar-refractivity contribution is 0.140. The van der Waals surface area contributed by atoms with Gasteiger partial charge in [0.2, 0.25) is 5.95 Å². The van der Waals surface area contributed by atoms with Gasteiger partial charge >= 0.3 is 0 Å². The van der Waals surface area contributed by atoms with Crippen molar-refractivity contribution in [3.63, 3.8) is 0 Å². The lowest BCUT2D eigenvalue weighted by atomic mass is 10.0. The Morgan fingerprint density at radius 2 is 2.29 bits per heavy atom. The summed E-state index contributed by atoms with van der Waals surface area (Å²) in [5, 5.41) is 12.9. The first-order chi connectivity index (χ1) is 11.8. The quantitative estimate of drug-likeness (QED) is 0.711. The number of aromatic amines is 1. The van der Waals surface area contributed by atoms with Gasteiger partial charge in [0, 0.05) is 56.5 Å². The molecule has 0 aliphatic carbocycles. The zero-order chi connectivity index (χ0) is 16.4. The maximum absolute atomic E-state index is 9.53. The van der Waals surface area contributed by atoms with Gasteiger partial charge in [-0.2, -0.15) is 4.98 Å². The zero-order valence-electron chi connectivity index (χ0n) is 13.5. The summed E-state index contributed by atoms with van der Waals surface area (Å²) in [6.07, 6.45) is 5.08. The molecule has 24 heavy (non-hydrogen) atoms. The first-order valence-corrected chi connectivity index (χ1v) is 8.39. The molecule has 0 unspecified atom stereocenters. The number of aliphatic hydroxyl groups is 1. The van der Waals surface area contributed by atoms with E-state index >= 15 is 0 Å². The van der Waals surface area contributed by atoms with E-state index in [1.165, 1.54) is 0 Å². The van der Waals surface area contributed by atoms with Crippen molar-refractivity contribution in [2.45, 2.75) is 24.9 Å². The Balaban J connectivity index is 1.48. The van der Waals surface area contributed by atoms with E-state index in [0.29, 0.717) is 31.6 Å². The van der Waals surface area contributed by atoms with Crippen molar-refractivity contribution in [2.24, 2.45) is 0 Å². The fraction of sp³-hybridized carbons (Fsp3) is 0.562. The van der Waals surface area contributed by atoms with Gasteiger partial charge in [-0.1, -0.05) is 0 Å². The molecule has 2 aromatic rings. The molecule has 0 spiro atoms. The molecule has 2 fully saturated rings. The zero-order valence-corrected chi connectivity index (χ0v) is 13.5. The molecule has 3 N–H and O–H groups in total. The number of hydrogen-bond donors (Lipinski definition) is 3. The molecule has 0 amide bonds. The normalized spacial score (nSPS) is 21.0. The van der Waals surface area contributed by atoms with Crippen molar-refractivity contribution in [2.75, 3.05) is 43.1 Å². The van der Waals surface area contributed by atoms with Gasteiger partial charge in [-0.15, -0.1) is 0 Å². The minimum absolute atomic E-state index is 0.274. The van der Waals surface area contributed by atoms with Crippen molar-refractivity contribution >= 4 is 11.8 Å². The van der Waals surface area contributed by atoms with E-state index in [1.807, 2.05) is 17.2 Å². The molecule has 0 aromatic carbocycles. The number of imidazole rings is 1. The van der Waals surface area contributed by atoms with Gasteiger partial charge in [0.05, 0.1) is 24.7 Å². The molecule has 8 heteroatoms. The van der Waals surface area contributed by atoms with Crippen LogP contribution in [0.4, 0.5) is 11.8 Å². The molecule has 2 aromatic heterocycles. The Morgan fingerprint density at radius 3 is 3.00 bits per heavy atom. The number of hydrogen-bond acceptors (Lipinski definition) is 7. The smallest absolute Gasteiger partial charge is 0.227 e. The molecule has 2 aliphatic rings. The number of aromatic nitrogens is 4. The summed E-state index contributed by atoms with van der Waals surface area (Å²) in [6, 6.07) is 2.02. The van der Waals surface area contributed by atoms with Crippen LogP contribution in [0, 0.1) is 0 Å². The number of rotatable bonds is 6. The van der Waals surface area contributed by atoms with Gasteiger partial charge in [0.25, 0.3) is 0 Å². The molecule has 0 bridgehead atoms. The van der Waals surface area contributed by atoms with Crippen LogP contribution in [0.3, 0.4) is 0 Å². The Hall–Kier alpha value is -2.19. The second-order valence-corrected chi connectivity index (χ2v) is 6.35. The third-order valence-electron chi connectivity index (χ3n) is 4.48. The van der Waals surface area contributed by atoms with Crippen molar-refractivity contribution < 1.29 is 9.84 Å². The lowest BCUT2D eigenvalue weighted by Crippen LogP contribution is -2.51. The van der Waals surface area contributed by atoms with Crippen LogP contribution in [0.1, 0.15) is 23.7 Å². The molecule has 2 saturated heterocycles. The van der Waals surface area contributed by atoms with Crippen molar-refractivity contribution in [3.8, 4) is 0 Å². The highest BCUT2D eigenvalue weighted by molar-refractivity contribution is 5.46. The summed E-state index contributed by atoms with van der Waals surface area (Å²) < 4.78 is 5.49. The minimum atomic E-state index is -0.274. The minimum Gasteiger partial charge on any atom is -0.389 e. The van der Waals surface area contributed by atoms with Gasteiger partial charge in [0.15, 0.2) is 0 Å². The molecule has 4 heterocycles. The van der Waals surface area contributed by atoms with Crippen molar-refractivity contribution in [1.29, 1.82) is 0 Å².